The molecule has 0 rings (SSSR count). The van der Waals surface area contributed by atoms with Crippen molar-refractivity contribution in [2.24, 2.45) is 0 Å². The summed E-state index contributed by atoms with van der Waals surface area (Å²) >= 11 is 0. The monoisotopic (exact) mass is 679 g/mol. The largest absolute Gasteiger partial charge is 0.472 e. The Morgan fingerprint density at radius 3 is 1.74 bits per heavy atom. The second-order valence-corrected chi connectivity index (χ2v) is 12.6. The smallest absolute Gasteiger partial charge is 0.463 e. The molecule has 0 saturated carbocycles. The van der Waals surface area contributed by atoms with Gasteiger partial charge in [0.15, 0.2) is 0 Å². The average Bonchev–Trinajstić information content (AvgIpc) is 3.05. The number of hydrogen-bond acceptors (Lipinski definition) is 7. The number of aliphatic hydroxyl groups is 1. The zero-order valence-corrected chi connectivity index (χ0v) is 29.8. The van der Waals surface area contributed by atoms with Crippen molar-refractivity contribution in [2.75, 3.05) is 26.4 Å². The molecule has 2 unspecified atom stereocenters. The second kappa shape index (κ2) is 33.4. The number of carbonyl (C=O) groups is 2. The van der Waals surface area contributed by atoms with Crippen molar-refractivity contribution in [1.82, 2.24) is 5.32 Å². The Labute approximate surface area is 284 Å². The van der Waals surface area contributed by atoms with Gasteiger partial charge in [0.05, 0.1) is 13.2 Å². The number of unbranched alkanes of at least 4 members (excludes halogenated alkanes) is 6. The van der Waals surface area contributed by atoms with Crippen LogP contribution in [-0.4, -0.2) is 54.3 Å². The lowest BCUT2D eigenvalue weighted by Gasteiger charge is -2.15. The van der Waals surface area contributed by atoms with E-state index in [4.69, 9.17) is 13.8 Å². The molecule has 268 valence electrons. The van der Waals surface area contributed by atoms with Crippen molar-refractivity contribution in [3.63, 3.8) is 0 Å². The number of nitrogens with one attached hydrogen (secondary N) is 1. The van der Waals surface area contributed by atoms with Crippen molar-refractivity contribution >= 4 is 19.7 Å². The molecular formula is C37H62NO8P. The third kappa shape index (κ3) is 34.6. The van der Waals surface area contributed by atoms with Crippen LogP contribution in [0.15, 0.2) is 72.9 Å². The summed E-state index contributed by atoms with van der Waals surface area (Å²) in [5, 5.41) is 12.5. The number of aliphatic hydroxyl groups excluding tert-OH is 1. The van der Waals surface area contributed by atoms with Crippen LogP contribution < -0.4 is 5.32 Å². The fourth-order valence-corrected chi connectivity index (χ4v) is 4.80. The molecular weight excluding hydrogens is 617 g/mol. The quantitative estimate of drug-likeness (QED) is 0.0287. The highest BCUT2D eigenvalue weighted by Gasteiger charge is 2.23. The van der Waals surface area contributed by atoms with Gasteiger partial charge in [-0.2, -0.15) is 0 Å². The fraction of sp³-hybridized carbons (Fsp3) is 0.622. The number of allylic oxidation sites excluding steroid dienone is 12. The van der Waals surface area contributed by atoms with Crippen LogP contribution in [0.1, 0.15) is 117 Å². The van der Waals surface area contributed by atoms with Crippen LogP contribution in [0.2, 0.25) is 0 Å². The van der Waals surface area contributed by atoms with Gasteiger partial charge in [0, 0.05) is 19.4 Å². The number of hydrogen-bond donors (Lipinski definition) is 3. The van der Waals surface area contributed by atoms with Crippen LogP contribution in [0.25, 0.3) is 0 Å². The summed E-state index contributed by atoms with van der Waals surface area (Å²) in [6, 6.07) is 0. The Hall–Kier alpha value is -2.55. The molecule has 47 heavy (non-hydrogen) atoms. The number of rotatable bonds is 31. The molecule has 0 saturated heterocycles. The van der Waals surface area contributed by atoms with E-state index >= 15 is 0 Å². The normalized spacial score (nSPS) is 14.4. The Morgan fingerprint density at radius 1 is 0.681 bits per heavy atom. The lowest BCUT2D eigenvalue weighted by Crippen LogP contribution is -2.27. The van der Waals surface area contributed by atoms with Crippen molar-refractivity contribution < 1.29 is 37.9 Å². The first-order chi connectivity index (χ1) is 22.8. The third-order valence-corrected chi connectivity index (χ3v) is 7.65. The van der Waals surface area contributed by atoms with Gasteiger partial charge in [-0.1, -0.05) is 125 Å². The first-order valence-corrected chi connectivity index (χ1v) is 18.9. The molecule has 0 spiro atoms. The molecule has 0 aromatic rings. The van der Waals surface area contributed by atoms with Crippen molar-refractivity contribution in [1.29, 1.82) is 0 Å². The highest BCUT2D eigenvalue weighted by Crippen LogP contribution is 2.42. The van der Waals surface area contributed by atoms with Crippen LogP contribution in [0, 0.1) is 0 Å². The highest BCUT2D eigenvalue weighted by atomic mass is 31.2. The van der Waals surface area contributed by atoms with E-state index in [0.717, 1.165) is 57.8 Å². The molecule has 1 amide bonds. The molecule has 0 aliphatic rings. The van der Waals surface area contributed by atoms with E-state index in [0.29, 0.717) is 12.8 Å². The molecule has 0 radical (unpaired) electrons. The summed E-state index contributed by atoms with van der Waals surface area (Å²) in [6.07, 6.45) is 38.7. The Bertz CT molecular complexity index is 1000. The first-order valence-electron chi connectivity index (χ1n) is 17.4. The Kier molecular flexibility index (Phi) is 31.5. The van der Waals surface area contributed by atoms with Crippen molar-refractivity contribution in [3.05, 3.63) is 72.9 Å². The molecule has 0 bridgehead atoms. The maximum absolute atomic E-state index is 12.0. The van der Waals surface area contributed by atoms with Crippen LogP contribution in [0.4, 0.5) is 0 Å². The number of carbonyl (C=O) groups excluding carboxylic acids is 2. The molecule has 0 fully saturated rings. The summed E-state index contributed by atoms with van der Waals surface area (Å²) in [5.41, 5.74) is 0. The number of amides is 1. The predicted octanol–water partition coefficient (Wildman–Crippen LogP) is 8.76. The summed E-state index contributed by atoms with van der Waals surface area (Å²) < 4.78 is 26.6. The van der Waals surface area contributed by atoms with E-state index in [1.54, 1.807) is 0 Å². The average molecular weight is 680 g/mol. The standard InChI is InChI=1S/C37H62NO8P/c1-3-5-7-9-11-12-13-14-15-16-17-18-19-20-21-22-24-25-27-29-36(40)38-31-32-45-47(42,43)46-34-35(39)33-44-37(41)30-28-26-23-10-8-6-4-2/h5,7,11-12,14-15,17-18,20-21,24-25,35,39H,3-4,6,8-10,13,16,19,22-23,26-34H2,1-2H3,(H,38,40)(H,42,43)/b7-5-,12-11-,15-14-,18-17-,21-20-,25-24-. The number of ether oxygens (including phenoxy) is 1. The summed E-state index contributed by atoms with van der Waals surface area (Å²) in [6.45, 7) is 3.25. The topological polar surface area (TPSA) is 131 Å². The molecule has 0 heterocycles. The van der Waals surface area contributed by atoms with E-state index < -0.39 is 26.5 Å². The van der Waals surface area contributed by atoms with Gasteiger partial charge in [0.25, 0.3) is 0 Å². The summed E-state index contributed by atoms with van der Waals surface area (Å²) in [4.78, 5) is 33.5. The Morgan fingerprint density at radius 2 is 1.19 bits per heavy atom. The maximum Gasteiger partial charge on any atom is 0.472 e. The minimum atomic E-state index is -4.43. The first kappa shape index (κ1) is 44.5. The van der Waals surface area contributed by atoms with Crippen molar-refractivity contribution in [2.45, 2.75) is 123 Å². The second-order valence-electron chi connectivity index (χ2n) is 11.1. The van der Waals surface area contributed by atoms with Crippen molar-refractivity contribution in [3.8, 4) is 0 Å². The van der Waals surface area contributed by atoms with Crippen LogP contribution in [0.5, 0.6) is 0 Å². The Balaban J connectivity index is 3.79. The fourth-order valence-electron chi connectivity index (χ4n) is 4.05. The van der Waals surface area contributed by atoms with Crippen LogP contribution >= 0.6 is 7.82 Å². The van der Waals surface area contributed by atoms with E-state index in [-0.39, 0.29) is 32.1 Å². The minimum absolute atomic E-state index is 0.0370. The van der Waals surface area contributed by atoms with Gasteiger partial charge in [-0.15, -0.1) is 0 Å². The van der Waals surface area contributed by atoms with Gasteiger partial charge in [0.1, 0.15) is 12.7 Å². The number of phosphoric acid groups is 1. The van der Waals surface area contributed by atoms with Gasteiger partial charge in [0.2, 0.25) is 5.91 Å². The van der Waals surface area contributed by atoms with E-state index in [2.05, 4.69) is 79.9 Å². The molecule has 0 aromatic heterocycles. The van der Waals surface area contributed by atoms with Gasteiger partial charge in [-0.3, -0.25) is 18.6 Å². The molecule has 2 atom stereocenters. The highest BCUT2D eigenvalue weighted by molar-refractivity contribution is 7.47. The SMILES string of the molecule is CC/C=C\C/C=C\C/C=C\C/C=C\C/C=C\C/C=C\CCC(=O)NCCOP(=O)(O)OCC(O)COC(=O)CCCCCCCCC. The lowest BCUT2D eigenvalue weighted by molar-refractivity contribution is -0.147. The van der Waals surface area contributed by atoms with Crippen LogP contribution in [0.3, 0.4) is 0 Å². The number of esters is 1. The third-order valence-electron chi connectivity index (χ3n) is 6.66. The molecule has 10 heteroatoms. The van der Waals surface area contributed by atoms with E-state index in [1.165, 1.54) is 25.7 Å². The molecule has 0 aliphatic carbocycles. The predicted molar refractivity (Wildman–Crippen MR) is 192 cm³/mol. The lowest BCUT2D eigenvalue weighted by atomic mass is 10.1. The summed E-state index contributed by atoms with van der Waals surface area (Å²) in [7, 11) is -4.43. The molecule has 0 aromatic carbocycles. The minimum Gasteiger partial charge on any atom is -0.463 e. The summed E-state index contributed by atoms with van der Waals surface area (Å²) in [5.74, 6) is -0.617. The molecule has 0 aliphatic heterocycles. The maximum atomic E-state index is 12.0. The molecule has 9 nitrogen and oxygen atoms in total. The van der Waals surface area contributed by atoms with Gasteiger partial charge in [-0.25, -0.2) is 4.57 Å². The van der Waals surface area contributed by atoms with E-state index in [9.17, 15) is 24.2 Å². The van der Waals surface area contributed by atoms with E-state index in [1.807, 2.05) is 12.2 Å². The van der Waals surface area contributed by atoms with Gasteiger partial charge < -0.3 is 20.1 Å². The molecule has 3 N–H and O–H groups in total. The van der Waals surface area contributed by atoms with Crippen LogP contribution in [-0.2, 0) is 27.9 Å². The number of phosphoric ester groups is 1. The van der Waals surface area contributed by atoms with Gasteiger partial charge in [-0.05, 0) is 51.4 Å². The van der Waals surface area contributed by atoms with Gasteiger partial charge >= 0.3 is 13.8 Å². The zero-order valence-electron chi connectivity index (χ0n) is 28.9. The zero-order chi connectivity index (χ0) is 34.7.